The van der Waals surface area contributed by atoms with Crippen molar-refractivity contribution < 1.29 is 13.2 Å². The van der Waals surface area contributed by atoms with Crippen LogP contribution in [0.4, 0.5) is 0 Å². The summed E-state index contributed by atoms with van der Waals surface area (Å²) in [5.41, 5.74) is 2.19. The maximum Gasteiger partial charge on any atom is 0.252 e. The van der Waals surface area contributed by atoms with Gasteiger partial charge in [0.25, 0.3) is 10.0 Å². The molecule has 0 saturated carbocycles. The maximum absolute atomic E-state index is 12.8. The predicted octanol–water partition coefficient (Wildman–Crippen LogP) is 3.21. The van der Waals surface area contributed by atoms with Crippen LogP contribution in [0.25, 0.3) is 0 Å². The van der Waals surface area contributed by atoms with Crippen molar-refractivity contribution in [3.05, 3.63) is 52.9 Å². The van der Waals surface area contributed by atoms with Gasteiger partial charge in [-0.25, -0.2) is 8.42 Å². The largest absolute Gasteiger partial charge is 0.370 e. The second-order valence-electron chi connectivity index (χ2n) is 5.59. The molecule has 0 bridgehead atoms. The van der Waals surface area contributed by atoms with Crippen LogP contribution in [0, 0.1) is 6.92 Å². The van der Waals surface area contributed by atoms with E-state index in [2.05, 4.69) is 0 Å². The number of thiophene rings is 1. The van der Waals surface area contributed by atoms with Gasteiger partial charge in [0.15, 0.2) is 0 Å². The topological polar surface area (TPSA) is 46.6 Å². The van der Waals surface area contributed by atoms with E-state index in [9.17, 15) is 8.42 Å². The van der Waals surface area contributed by atoms with Gasteiger partial charge in [-0.15, -0.1) is 11.3 Å². The third-order valence-electron chi connectivity index (χ3n) is 3.88. The first kappa shape index (κ1) is 15.7. The molecule has 1 aliphatic rings. The summed E-state index contributed by atoms with van der Waals surface area (Å²) < 4.78 is 33.4. The molecule has 118 valence electrons. The minimum atomic E-state index is -3.45. The van der Waals surface area contributed by atoms with E-state index in [0.29, 0.717) is 17.4 Å². The summed E-state index contributed by atoms with van der Waals surface area (Å²) >= 11 is 1.25. The van der Waals surface area contributed by atoms with E-state index >= 15 is 0 Å². The SMILES string of the molecule is Cc1ccc(C2CN(S(=O)(=O)c3cccs3)C(C)CO2)cc1. The summed E-state index contributed by atoms with van der Waals surface area (Å²) in [5, 5.41) is 1.79. The Labute approximate surface area is 135 Å². The van der Waals surface area contributed by atoms with Crippen LogP contribution >= 0.6 is 11.3 Å². The highest BCUT2D eigenvalue weighted by atomic mass is 32.2. The highest BCUT2D eigenvalue weighted by Gasteiger charge is 2.36. The first-order valence-electron chi connectivity index (χ1n) is 7.22. The van der Waals surface area contributed by atoms with Crippen LogP contribution in [-0.2, 0) is 14.8 Å². The molecule has 2 aromatic rings. The van der Waals surface area contributed by atoms with Gasteiger partial charge in [-0.1, -0.05) is 35.9 Å². The molecule has 1 aromatic carbocycles. The molecule has 1 aromatic heterocycles. The van der Waals surface area contributed by atoms with Crippen LogP contribution in [0.5, 0.6) is 0 Å². The summed E-state index contributed by atoms with van der Waals surface area (Å²) in [6.07, 6.45) is -0.216. The average Bonchev–Trinajstić information content (AvgIpc) is 3.03. The summed E-state index contributed by atoms with van der Waals surface area (Å²) in [6, 6.07) is 11.3. The molecule has 0 aliphatic carbocycles. The van der Waals surface area contributed by atoms with Gasteiger partial charge in [-0.2, -0.15) is 4.31 Å². The standard InChI is InChI=1S/C16H19NO3S2/c1-12-5-7-14(8-6-12)15-10-17(13(2)11-20-15)22(18,19)16-4-3-9-21-16/h3-9,13,15H,10-11H2,1-2H3. The molecule has 1 fully saturated rings. The molecule has 4 nitrogen and oxygen atoms in total. The van der Waals surface area contributed by atoms with Crippen LogP contribution in [0.15, 0.2) is 46.0 Å². The lowest BCUT2D eigenvalue weighted by Gasteiger charge is -2.36. The number of benzene rings is 1. The Balaban J connectivity index is 1.87. The van der Waals surface area contributed by atoms with Crippen molar-refractivity contribution in [2.75, 3.05) is 13.2 Å². The highest BCUT2D eigenvalue weighted by molar-refractivity contribution is 7.91. The van der Waals surface area contributed by atoms with E-state index in [0.717, 1.165) is 5.56 Å². The molecular weight excluding hydrogens is 318 g/mol. The molecule has 1 saturated heterocycles. The number of hydrogen-bond acceptors (Lipinski definition) is 4. The Hall–Kier alpha value is -1.21. The third kappa shape index (κ3) is 2.96. The molecule has 0 radical (unpaired) electrons. The lowest BCUT2D eigenvalue weighted by atomic mass is 10.1. The normalized spacial score (nSPS) is 23.5. The number of hydrogen-bond donors (Lipinski definition) is 0. The number of morpholine rings is 1. The first-order chi connectivity index (χ1) is 10.5. The lowest BCUT2D eigenvalue weighted by Crippen LogP contribution is -2.47. The monoisotopic (exact) mass is 337 g/mol. The second kappa shape index (κ2) is 6.12. The van der Waals surface area contributed by atoms with Crippen LogP contribution in [0.1, 0.15) is 24.2 Å². The van der Waals surface area contributed by atoms with Crippen molar-refractivity contribution in [2.24, 2.45) is 0 Å². The second-order valence-corrected chi connectivity index (χ2v) is 8.65. The van der Waals surface area contributed by atoms with E-state index in [4.69, 9.17) is 4.74 Å². The van der Waals surface area contributed by atoms with Gasteiger partial charge in [0.05, 0.1) is 12.7 Å². The molecule has 2 unspecified atom stereocenters. The van der Waals surface area contributed by atoms with Crippen molar-refractivity contribution in [1.82, 2.24) is 4.31 Å². The van der Waals surface area contributed by atoms with Gasteiger partial charge in [-0.05, 0) is 30.9 Å². The molecule has 2 heterocycles. The Kier molecular flexibility index (Phi) is 4.36. The van der Waals surface area contributed by atoms with Gasteiger partial charge in [0.2, 0.25) is 0 Å². The Morgan fingerprint density at radius 1 is 1.23 bits per heavy atom. The molecule has 3 rings (SSSR count). The number of sulfonamides is 1. The molecule has 6 heteroatoms. The van der Waals surface area contributed by atoms with E-state index in [1.54, 1.807) is 21.8 Å². The summed E-state index contributed by atoms with van der Waals surface area (Å²) in [4.78, 5) is 0. The van der Waals surface area contributed by atoms with Gasteiger partial charge >= 0.3 is 0 Å². The molecule has 1 aliphatic heterocycles. The summed E-state index contributed by atoms with van der Waals surface area (Å²) in [5.74, 6) is 0. The number of aryl methyl sites for hydroxylation is 1. The Morgan fingerprint density at radius 2 is 1.95 bits per heavy atom. The van der Waals surface area contributed by atoms with E-state index in [1.807, 2.05) is 38.1 Å². The van der Waals surface area contributed by atoms with Crippen molar-refractivity contribution in [2.45, 2.75) is 30.2 Å². The van der Waals surface area contributed by atoms with E-state index in [1.165, 1.54) is 16.9 Å². The summed E-state index contributed by atoms with van der Waals surface area (Å²) in [6.45, 7) is 4.67. The minimum Gasteiger partial charge on any atom is -0.370 e. The quantitative estimate of drug-likeness (QED) is 0.864. The average molecular weight is 337 g/mol. The lowest BCUT2D eigenvalue weighted by molar-refractivity contribution is -0.0287. The summed E-state index contributed by atoms with van der Waals surface area (Å²) in [7, 11) is -3.45. The first-order valence-corrected chi connectivity index (χ1v) is 9.54. The third-order valence-corrected chi connectivity index (χ3v) is 7.24. The molecule has 0 amide bonds. The fraction of sp³-hybridized carbons (Fsp3) is 0.375. The molecule has 0 N–H and O–H groups in total. The van der Waals surface area contributed by atoms with E-state index in [-0.39, 0.29) is 12.1 Å². The predicted molar refractivity (Wildman–Crippen MR) is 87.5 cm³/mol. The molecule has 0 spiro atoms. The minimum absolute atomic E-state index is 0.159. The fourth-order valence-corrected chi connectivity index (χ4v) is 5.31. The van der Waals surface area contributed by atoms with Gasteiger partial charge in [-0.3, -0.25) is 0 Å². The molecule has 2 atom stereocenters. The maximum atomic E-state index is 12.8. The Bertz CT molecular complexity index is 723. The highest BCUT2D eigenvalue weighted by Crippen LogP contribution is 2.30. The van der Waals surface area contributed by atoms with Crippen LogP contribution in [0.2, 0.25) is 0 Å². The number of nitrogens with zero attached hydrogens (tertiary/aromatic N) is 1. The van der Waals surface area contributed by atoms with Gasteiger partial charge < -0.3 is 4.74 Å². The van der Waals surface area contributed by atoms with Crippen molar-refractivity contribution in [3.8, 4) is 0 Å². The zero-order valence-electron chi connectivity index (χ0n) is 12.6. The van der Waals surface area contributed by atoms with Crippen molar-refractivity contribution >= 4 is 21.4 Å². The van der Waals surface area contributed by atoms with E-state index < -0.39 is 10.0 Å². The molecular formula is C16H19NO3S2. The van der Waals surface area contributed by atoms with Gasteiger partial charge in [0.1, 0.15) is 4.21 Å². The Morgan fingerprint density at radius 3 is 2.59 bits per heavy atom. The number of ether oxygens (including phenoxy) is 1. The smallest absolute Gasteiger partial charge is 0.252 e. The zero-order chi connectivity index (χ0) is 15.7. The van der Waals surface area contributed by atoms with Crippen molar-refractivity contribution in [1.29, 1.82) is 0 Å². The van der Waals surface area contributed by atoms with Crippen molar-refractivity contribution in [3.63, 3.8) is 0 Å². The molecule has 22 heavy (non-hydrogen) atoms. The van der Waals surface area contributed by atoms with Gasteiger partial charge in [0, 0.05) is 12.6 Å². The van der Waals surface area contributed by atoms with Crippen LogP contribution in [0.3, 0.4) is 0 Å². The van der Waals surface area contributed by atoms with Crippen LogP contribution < -0.4 is 0 Å². The van der Waals surface area contributed by atoms with Crippen LogP contribution in [-0.4, -0.2) is 31.9 Å². The number of rotatable bonds is 3. The zero-order valence-corrected chi connectivity index (χ0v) is 14.2. The fourth-order valence-electron chi connectivity index (χ4n) is 2.58.